The highest BCUT2D eigenvalue weighted by Crippen LogP contribution is 2.24. The number of anilines is 2. The molecule has 1 atom stereocenters. The van der Waals surface area contributed by atoms with Gasteiger partial charge in [0.25, 0.3) is 5.91 Å². The Kier molecular flexibility index (Phi) is 5.48. The lowest BCUT2D eigenvalue weighted by Gasteiger charge is -2.35. The Morgan fingerprint density at radius 2 is 2.16 bits per heavy atom. The Labute approximate surface area is 151 Å². The van der Waals surface area contributed by atoms with Crippen LogP contribution in [0.15, 0.2) is 30.3 Å². The summed E-state index contributed by atoms with van der Waals surface area (Å²) in [6.07, 6.45) is 4.61. The minimum Gasteiger partial charge on any atom is -0.352 e. The second-order valence-corrected chi connectivity index (χ2v) is 6.52. The summed E-state index contributed by atoms with van der Waals surface area (Å²) in [4.78, 5) is 14.5. The van der Waals surface area contributed by atoms with E-state index >= 15 is 0 Å². The minimum absolute atomic E-state index is 0.0464. The summed E-state index contributed by atoms with van der Waals surface area (Å²) in [6, 6.07) is 7.96. The summed E-state index contributed by atoms with van der Waals surface area (Å²) in [6.45, 7) is 3.14. The van der Waals surface area contributed by atoms with Crippen molar-refractivity contribution < 1.29 is 9.18 Å². The van der Waals surface area contributed by atoms with Crippen LogP contribution in [-0.4, -0.2) is 28.7 Å². The van der Waals surface area contributed by atoms with Gasteiger partial charge in [0.2, 0.25) is 0 Å². The van der Waals surface area contributed by atoms with E-state index in [1.807, 2.05) is 6.07 Å². The van der Waals surface area contributed by atoms with Crippen LogP contribution >= 0.6 is 11.6 Å². The maximum Gasteiger partial charge on any atom is 0.276 e. The molecule has 1 aliphatic rings. The van der Waals surface area contributed by atoms with Crippen molar-refractivity contribution in [1.82, 2.24) is 10.2 Å². The molecule has 7 heteroatoms. The number of nitrogens with one attached hydrogen (secondary N) is 1. The molecule has 1 saturated heterocycles. The van der Waals surface area contributed by atoms with Crippen molar-refractivity contribution in [3.05, 3.63) is 46.9 Å². The zero-order valence-corrected chi connectivity index (χ0v) is 14.8. The maximum atomic E-state index is 13.2. The van der Waals surface area contributed by atoms with Crippen LogP contribution in [0.3, 0.4) is 0 Å². The third-order valence-electron chi connectivity index (χ3n) is 4.45. The van der Waals surface area contributed by atoms with E-state index in [1.165, 1.54) is 24.6 Å². The largest absolute Gasteiger partial charge is 0.352 e. The number of amides is 1. The third kappa shape index (κ3) is 4.07. The van der Waals surface area contributed by atoms with Gasteiger partial charge in [-0.15, -0.1) is 10.2 Å². The Balaban J connectivity index is 1.70. The first-order valence-corrected chi connectivity index (χ1v) is 8.83. The number of rotatable bonds is 4. The highest BCUT2D eigenvalue weighted by atomic mass is 35.5. The van der Waals surface area contributed by atoms with Gasteiger partial charge in [-0.05, 0) is 56.0 Å². The van der Waals surface area contributed by atoms with Gasteiger partial charge in [0.15, 0.2) is 11.5 Å². The molecular formula is C18H20ClFN4O. The van der Waals surface area contributed by atoms with Crippen molar-refractivity contribution in [2.24, 2.45) is 0 Å². The topological polar surface area (TPSA) is 58.1 Å². The first-order valence-electron chi connectivity index (χ1n) is 8.45. The summed E-state index contributed by atoms with van der Waals surface area (Å²) in [5.41, 5.74) is 0.610. The Morgan fingerprint density at radius 3 is 2.84 bits per heavy atom. The van der Waals surface area contributed by atoms with Gasteiger partial charge in [-0.2, -0.15) is 0 Å². The molecule has 132 valence electrons. The number of hydrogen-bond acceptors (Lipinski definition) is 4. The van der Waals surface area contributed by atoms with E-state index in [9.17, 15) is 9.18 Å². The van der Waals surface area contributed by atoms with Gasteiger partial charge in [0.05, 0.1) is 5.02 Å². The van der Waals surface area contributed by atoms with Crippen LogP contribution in [0, 0.1) is 5.82 Å². The molecule has 2 heterocycles. The summed E-state index contributed by atoms with van der Waals surface area (Å²) in [5, 5.41) is 10.9. The second-order valence-electron chi connectivity index (χ2n) is 6.11. The van der Waals surface area contributed by atoms with Gasteiger partial charge in [0.1, 0.15) is 5.82 Å². The van der Waals surface area contributed by atoms with Gasteiger partial charge >= 0.3 is 0 Å². The van der Waals surface area contributed by atoms with Gasteiger partial charge in [0, 0.05) is 18.3 Å². The number of carbonyl (C=O) groups excluding carboxylic acids is 1. The van der Waals surface area contributed by atoms with Crippen LogP contribution in [0.5, 0.6) is 0 Å². The predicted octanol–water partition coefficient (Wildman–Crippen LogP) is 4.29. The molecule has 5 nitrogen and oxygen atoms in total. The first kappa shape index (κ1) is 17.6. The van der Waals surface area contributed by atoms with Crippen LogP contribution in [0.2, 0.25) is 5.02 Å². The number of halogens is 2. The zero-order valence-electron chi connectivity index (χ0n) is 14.0. The molecular weight excluding hydrogens is 343 g/mol. The summed E-state index contributed by atoms with van der Waals surface area (Å²) in [5.74, 6) is -0.142. The zero-order chi connectivity index (χ0) is 17.8. The number of aromatic nitrogens is 2. The van der Waals surface area contributed by atoms with Crippen molar-refractivity contribution in [3.8, 4) is 0 Å². The van der Waals surface area contributed by atoms with Crippen molar-refractivity contribution in [2.75, 3.05) is 16.8 Å². The average Bonchev–Trinajstić information content (AvgIpc) is 2.65. The van der Waals surface area contributed by atoms with E-state index in [0.717, 1.165) is 31.6 Å². The lowest BCUT2D eigenvalue weighted by atomic mass is 10.0. The highest BCUT2D eigenvalue weighted by molar-refractivity contribution is 6.31. The second kappa shape index (κ2) is 7.78. The molecule has 1 aromatic heterocycles. The standard InChI is InChI=1S/C18H20ClFN4O/c1-2-13-5-3-4-10-24(13)17-9-8-16(22-23-17)18(25)21-12-6-7-15(20)14(19)11-12/h6-9,11,13H,2-5,10H2,1H3,(H,21,25). The summed E-state index contributed by atoms with van der Waals surface area (Å²) >= 11 is 5.72. The van der Waals surface area contributed by atoms with E-state index < -0.39 is 11.7 Å². The van der Waals surface area contributed by atoms with Crippen molar-refractivity contribution in [1.29, 1.82) is 0 Å². The van der Waals surface area contributed by atoms with Crippen molar-refractivity contribution >= 4 is 29.0 Å². The number of nitrogens with zero attached hydrogens (tertiary/aromatic N) is 3. The molecule has 25 heavy (non-hydrogen) atoms. The fourth-order valence-corrected chi connectivity index (χ4v) is 3.28. The SMILES string of the molecule is CCC1CCCCN1c1ccc(C(=O)Nc2ccc(F)c(Cl)c2)nn1. The fraction of sp³-hybridized carbons (Fsp3) is 0.389. The van der Waals surface area contributed by atoms with Crippen LogP contribution < -0.4 is 10.2 Å². The molecule has 0 bridgehead atoms. The lowest BCUT2D eigenvalue weighted by Crippen LogP contribution is -2.39. The molecule has 0 saturated carbocycles. The van der Waals surface area contributed by atoms with E-state index in [4.69, 9.17) is 11.6 Å². The third-order valence-corrected chi connectivity index (χ3v) is 4.74. The number of benzene rings is 1. The van der Waals surface area contributed by atoms with E-state index in [0.29, 0.717) is 11.7 Å². The minimum atomic E-state index is -0.532. The number of carbonyl (C=O) groups is 1. The number of piperidine rings is 1. The number of hydrogen-bond donors (Lipinski definition) is 1. The normalized spacial score (nSPS) is 17.4. The van der Waals surface area contributed by atoms with Crippen LogP contribution in [0.25, 0.3) is 0 Å². The molecule has 3 rings (SSSR count). The van der Waals surface area contributed by atoms with Crippen LogP contribution in [0.4, 0.5) is 15.9 Å². The maximum absolute atomic E-state index is 13.2. The van der Waals surface area contributed by atoms with Gasteiger partial charge in [-0.25, -0.2) is 4.39 Å². The molecule has 1 amide bonds. The molecule has 2 aromatic rings. The van der Waals surface area contributed by atoms with Crippen LogP contribution in [0.1, 0.15) is 43.1 Å². The van der Waals surface area contributed by atoms with Gasteiger partial charge in [-0.3, -0.25) is 4.79 Å². The van der Waals surface area contributed by atoms with Gasteiger partial charge < -0.3 is 10.2 Å². The highest BCUT2D eigenvalue weighted by Gasteiger charge is 2.22. The molecule has 1 aliphatic heterocycles. The monoisotopic (exact) mass is 362 g/mol. The lowest BCUT2D eigenvalue weighted by molar-refractivity contribution is 0.102. The van der Waals surface area contributed by atoms with Crippen LogP contribution in [-0.2, 0) is 0 Å². The molecule has 0 spiro atoms. The predicted molar refractivity (Wildman–Crippen MR) is 96.7 cm³/mol. The molecule has 1 unspecified atom stereocenters. The fourth-order valence-electron chi connectivity index (χ4n) is 3.10. The van der Waals surface area contributed by atoms with Gasteiger partial charge in [-0.1, -0.05) is 18.5 Å². The first-order chi connectivity index (χ1) is 12.1. The molecule has 0 radical (unpaired) electrons. The molecule has 0 aliphatic carbocycles. The van der Waals surface area contributed by atoms with E-state index in [-0.39, 0.29) is 10.7 Å². The Morgan fingerprint density at radius 1 is 1.32 bits per heavy atom. The van der Waals surface area contributed by atoms with Crippen molar-refractivity contribution in [2.45, 2.75) is 38.6 Å². The summed E-state index contributed by atoms with van der Waals surface area (Å²) in [7, 11) is 0. The molecule has 1 aromatic carbocycles. The molecule has 1 N–H and O–H groups in total. The average molecular weight is 363 g/mol. The quantitative estimate of drug-likeness (QED) is 0.881. The Hall–Kier alpha value is -2.21. The smallest absolute Gasteiger partial charge is 0.276 e. The Bertz CT molecular complexity index is 753. The van der Waals surface area contributed by atoms with E-state index in [1.54, 1.807) is 6.07 Å². The van der Waals surface area contributed by atoms with Crippen molar-refractivity contribution in [3.63, 3.8) is 0 Å². The molecule has 1 fully saturated rings. The summed E-state index contributed by atoms with van der Waals surface area (Å²) < 4.78 is 13.2. The van der Waals surface area contributed by atoms with E-state index in [2.05, 4.69) is 27.3 Å².